The van der Waals surface area contributed by atoms with Crippen molar-refractivity contribution in [1.29, 1.82) is 0 Å². The lowest BCUT2D eigenvalue weighted by Crippen LogP contribution is -2.20. The Morgan fingerprint density at radius 2 is 2.31 bits per heavy atom. The lowest BCUT2D eigenvalue weighted by atomic mass is 10.3. The Labute approximate surface area is 103 Å². The van der Waals surface area contributed by atoms with E-state index in [0.717, 1.165) is 31.1 Å². The fraction of sp³-hybridized carbons (Fsp3) is 0.583. The molecule has 1 N–H and O–H groups in total. The standard InChI is InChI=1S/C12H21N3S/c1-4-6-13-12-10-11(5-7-14-12)15(2)8-9-16-3/h5,7,10H,4,6,8-9H2,1-3H3,(H,13,14). The SMILES string of the molecule is CCCNc1cc(N(C)CCSC)ccn1. The molecule has 0 saturated heterocycles. The van der Waals surface area contributed by atoms with Crippen LogP contribution in [0.3, 0.4) is 0 Å². The molecule has 16 heavy (non-hydrogen) atoms. The zero-order valence-electron chi connectivity index (χ0n) is 10.4. The zero-order chi connectivity index (χ0) is 11.8. The van der Waals surface area contributed by atoms with Crippen molar-refractivity contribution in [1.82, 2.24) is 4.98 Å². The molecule has 0 radical (unpaired) electrons. The Bertz CT molecular complexity index is 304. The first-order valence-corrected chi connectivity index (χ1v) is 7.07. The van der Waals surface area contributed by atoms with Crippen LogP contribution in [0.1, 0.15) is 13.3 Å². The number of anilines is 2. The van der Waals surface area contributed by atoms with Gasteiger partial charge in [-0.25, -0.2) is 4.98 Å². The van der Waals surface area contributed by atoms with Crippen LogP contribution in [0.4, 0.5) is 11.5 Å². The second kappa shape index (κ2) is 7.39. The molecule has 0 aliphatic carbocycles. The average Bonchev–Trinajstić information content (AvgIpc) is 2.33. The van der Waals surface area contributed by atoms with E-state index in [4.69, 9.17) is 0 Å². The summed E-state index contributed by atoms with van der Waals surface area (Å²) in [5.41, 5.74) is 1.22. The van der Waals surface area contributed by atoms with Crippen LogP contribution < -0.4 is 10.2 Å². The Kier molecular flexibility index (Phi) is 6.08. The highest BCUT2D eigenvalue weighted by Gasteiger charge is 2.01. The number of pyridine rings is 1. The van der Waals surface area contributed by atoms with Crippen LogP contribution in [-0.2, 0) is 0 Å². The number of thioether (sulfide) groups is 1. The maximum Gasteiger partial charge on any atom is 0.127 e. The predicted octanol–water partition coefficient (Wildman–Crippen LogP) is 2.70. The van der Waals surface area contributed by atoms with Gasteiger partial charge in [0.05, 0.1) is 0 Å². The van der Waals surface area contributed by atoms with E-state index in [1.54, 1.807) is 0 Å². The van der Waals surface area contributed by atoms with Crippen molar-refractivity contribution in [3.63, 3.8) is 0 Å². The molecule has 0 spiro atoms. The van der Waals surface area contributed by atoms with Gasteiger partial charge >= 0.3 is 0 Å². The van der Waals surface area contributed by atoms with E-state index >= 15 is 0 Å². The third-order valence-corrected chi connectivity index (χ3v) is 2.96. The van der Waals surface area contributed by atoms with Crippen LogP contribution in [0.5, 0.6) is 0 Å². The molecule has 0 aromatic carbocycles. The number of rotatable bonds is 7. The predicted molar refractivity (Wildman–Crippen MR) is 74.7 cm³/mol. The van der Waals surface area contributed by atoms with Gasteiger partial charge in [-0.2, -0.15) is 11.8 Å². The Balaban J connectivity index is 2.58. The van der Waals surface area contributed by atoms with Crippen LogP contribution >= 0.6 is 11.8 Å². The molecule has 3 nitrogen and oxygen atoms in total. The molecule has 0 fully saturated rings. The number of hydrogen-bond donors (Lipinski definition) is 1. The van der Waals surface area contributed by atoms with E-state index in [-0.39, 0.29) is 0 Å². The summed E-state index contributed by atoms with van der Waals surface area (Å²) in [6, 6.07) is 4.16. The first-order valence-electron chi connectivity index (χ1n) is 5.68. The van der Waals surface area contributed by atoms with E-state index in [1.807, 2.05) is 18.0 Å². The van der Waals surface area contributed by atoms with Crippen molar-refractivity contribution in [3.8, 4) is 0 Å². The lowest BCUT2D eigenvalue weighted by Gasteiger charge is -2.19. The molecule has 1 aromatic rings. The Hall–Kier alpha value is -0.900. The molecule has 0 amide bonds. The summed E-state index contributed by atoms with van der Waals surface area (Å²) in [4.78, 5) is 6.56. The Morgan fingerprint density at radius 3 is 3.00 bits per heavy atom. The van der Waals surface area contributed by atoms with Gasteiger partial charge in [0, 0.05) is 43.8 Å². The van der Waals surface area contributed by atoms with Gasteiger partial charge in [-0.15, -0.1) is 0 Å². The maximum atomic E-state index is 4.30. The quantitative estimate of drug-likeness (QED) is 0.792. The van der Waals surface area contributed by atoms with Crippen LogP contribution in [0.2, 0.25) is 0 Å². The normalized spacial score (nSPS) is 10.2. The van der Waals surface area contributed by atoms with Gasteiger partial charge in [0.15, 0.2) is 0 Å². The van der Waals surface area contributed by atoms with Crippen molar-refractivity contribution >= 4 is 23.3 Å². The molecule has 0 bridgehead atoms. The van der Waals surface area contributed by atoms with Gasteiger partial charge in [-0.1, -0.05) is 6.92 Å². The molecular formula is C12H21N3S. The van der Waals surface area contributed by atoms with Crippen molar-refractivity contribution < 1.29 is 0 Å². The summed E-state index contributed by atoms with van der Waals surface area (Å²) in [6.45, 7) is 4.20. The monoisotopic (exact) mass is 239 g/mol. The van der Waals surface area contributed by atoms with Gasteiger partial charge in [0.2, 0.25) is 0 Å². The van der Waals surface area contributed by atoms with E-state index in [0.29, 0.717) is 0 Å². The van der Waals surface area contributed by atoms with Crippen molar-refractivity contribution in [2.45, 2.75) is 13.3 Å². The smallest absolute Gasteiger partial charge is 0.127 e. The van der Waals surface area contributed by atoms with Gasteiger partial charge < -0.3 is 10.2 Å². The first kappa shape index (κ1) is 13.2. The van der Waals surface area contributed by atoms with Crippen molar-refractivity contribution in [2.75, 3.05) is 42.4 Å². The second-order valence-electron chi connectivity index (χ2n) is 3.74. The summed E-state index contributed by atoms with van der Waals surface area (Å²) < 4.78 is 0. The van der Waals surface area contributed by atoms with Gasteiger partial charge in [0.25, 0.3) is 0 Å². The molecule has 0 saturated carbocycles. The highest BCUT2D eigenvalue weighted by molar-refractivity contribution is 7.98. The molecule has 0 aliphatic rings. The van der Waals surface area contributed by atoms with Crippen LogP contribution in [0.15, 0.2) is 18.3 Å². The summed E-state index contributed by atoms with van der Waals surface area (Å²) in [6.07, 6.45) is 5.12. The number of nitrogens with zero attached hydrogens (tertiary/aromatic N) is 2. The largest absolute Gasteiger partial charge is 0.374 e. The van der Waals surface area contributed by atoms with Gasteiger partial charge in [0.1, 0.15) is 5.82 Å². The molecular weight excluding hydrogens is 218 g/mol. The topological polar surface area (TPSA) is 28.2 Å². The number of aromatic nitrogens is 1. The number of nitrogens with one attached hydrogen (secondary N) is 1. The van der Waals surface area contributed by atoms with Gasteiger partial charge in [-0.05, 0) is 18.7 Å². The van der Waals surface area contributed by atoms with Crippen LogP contribution in [-0.4, -0.2) is 37.1 Å². The second-order valence-corrected chi connectivity index (χ2v) is 4.73. The highest BCUT2D eigenvalue weighted by atomic mass is 32.2. The molecule has 1 rings (SSSR count). The third kappa shape index (κ3) is 4.31. The minimum atomic E-state index is 0.968. The summed E-state index contributed by atoms with van der Waals surface area (Å²) >= 11 is 1.87. The maximum absolute atomic E-state index is 4.30. The minimum absolute atomic E-state index is 0.968. The van der Waals surface area contributed by atoms with Crippen molar-refractivity contribution in [3.05, 3.63) is 18.3 Å². The van der Waals surface area contributed by atoms with Gasteiger partial charge in [-0.3, -0.25) is 0 Å². The molecule has 1 aromatic heterocycles. The van der Waals surface area contributed by atoms with E-state index in [1.165, 1.54) is 5.69 Å². The summed E-state index contributed by atoms with van der Waals surface area (Å²) in [5.74, 6) is 2.12. The third-order valence-electron chi connectivity index (χ3n) is 2.37. The fourth-order valence-electron chi connectivity index (χ4n) is 1.36. The number of hydrogen-bond acceptors (Lipinski definition) is 4. The highest BCUT2D eigenvalue weighted by Crippen LogP contribution is 2.16. The average molecular weight is 239 g/mol. The zero-order valence-corrected chi connectivity index (χ0v) is 11.2. The first-order chi connectivity index (χ1) is 7.77. The molecule has 4 heteroatoms. The molecule has 90 valence electrons. The molecule has 0 atom stereocenters. The molecule has 0 aliphatic heterocycles. The molecule has 1 heterocycles. The fourth-order valence-corrected chi connectivity index (χ4v) is 1.82. The van der Waals surface area contributed by atoms with Crippen molar-refractivity contribution in [2.24, 2.45) is 0 Å². The summed E-state index contributed by atoms with van der Waals surface area (Å²) in [5, 5.41) is 3.30. The van der Waals surface area contributed by atoms with E-state index in [2.05, 4.69) is 47.6 Å². The van der Waals surface area contributed by atoms with Crippen LogP contribution in [0, 0.1) is 0 Å². The van der Waals surface area contributed by atoms with E-state index in [9.17, 15) is 0 Å². The minimum Gasteiger partial charge on any atom is -0.374 e. The van der Waals surface area contributed by atoms with E-state index < -0.39 is 0 Å². The lowest BCUT2D eigenvalue weighted by molar-refractivity contribution is 0.957. The molecule has 0 unspecified atom stereocenters. The Morgan fingerprint density at radius 1 is 1.50 bits per heavy atom. The summed E-state index contributed by atoms with van der Waals surface area (Å²) in [7, 11) is 2.12. The van der Waals surface area contributed by atoms with Crippen LogP contribution in [0.25, 0.3) is 0 Å².